The number of ether oxygens (including phenoxy) is 1. The van der Waals surface area contributed by atoms with Gasteiger partial charge in [0.05, 0.1) is 17.3 Å². The molecule has 1 heterocycles. The molecule has 0 saturated heterocycles. The summed E-state index contributed by atoms with van der Waals surface area (Å²) in [6.45, 7) is 2.72. The van der Waals surface area contributed by atoms with Gasteiger partial charge in [0, 0.05) is 12.5 Å². The molecule has 1 aliphatic rings. The molecule has 6 heteroatoms. The van der Waals surface area contributed by atoms with Crippen molar-refractivity contribution in [1.29, 1.82) is 0 Å². The second kappa shape index (κ2) is 6.32. The van der Waals surface area contributed by atoms with Gasteiger partial charge in [-0.25, -0.2) is 14.8 Å². The van der Waals surface area contributed by atoms with Crippen LogP contribution < -0.4 is 5.32 Å². The lowest BCUT2D eigenvalue weighted by Gasteiger charge is -2.15. The molecular weight excluding hydrogens is 310 g/mol. The third-order valence-corrected chi connectivity index (χ3v) is 4.11. The van der Waals surface area contributed by atoms with Gasteiger partial charge in [0.25, 0.3) is 0 Å². The molecule has 1 aliphatic carbocycles. The zero-order valence-corrected chi connectivity index (χ0v) is 12.8. The Morgan fingerprint density at radius 1 is 1.42 bits per heavy atom. The van der Waals surface area contributed by atoms with Gasteiger partial charge in [-0.2, -0.15) is 0 Å². The molecule has 1 fully saturated rings. The summed E-state index contributed by atoms with van der Waals surface area (Å²) in [6, 6.07) is 0. The fourth-order valence-electron chi connectivity index (χ4n) is 2.40. The average Bonchev–Trinajstić information content (AvgIpc) is 2.94. The molecule has 0 aliphatic heterocycles. The van der Waals surface area contributed by atoms with E-state index in [1.165, 1.54) is 20.0 Å². The second-order valence-electron chi connectivity index (χ2n) is 4.60. The van der Waals surface area contributed by atoms with Crippen molar-refractivity contribution >= 4 is 27.7 Å². The molecule has 0 unspecified atom stereocenters. The molecule has 0 spiro atoms. The highest BCUT2D eigenvalue weighted by atomic mass is 79.9. The van der Waals surface area contributed by atoms with Gasteiger partial charge in [-0.05, 0) is 35.7 Å². The smallest absolute Gasteiger partial charge is 0.376 e. The van der Waals surface area contributed by atoms with E-state index in [-0.39, 0.29) is 5.82 Å². The van der Waals surface area contributed by atoms with Crippen LogP contribution >= 0.6 is 15.9 Å². The summed E-state index contributed by atoms with van der Waals surface area (Å²) >= 11 is 3.56. The first kappa shape index (κ1) is 14.2. The van der Waals surface area contributed by atoms with Crippen LogP contribution in [0.25, 0.3) is 0 Å². The van der Waals surface area contributed by atoms with Crippen LogP contribution in [0.5, 0.6) is 0 Å². The van der Waals surface area contributed by atoms with E-state index in [4.69, 9.17) is 4.74 Å². The molecule has 1 N–H and O–H groups in total. The number of halogens is 1. The Kier molecular flexibility index (Phi) is 4.74. The summed E-state index contributed by atoms with van der Waals surface area (Å²) in [4.78, 5) is 20.3. The predicted octanol–water partition coefficient (Wildman–Crippen LogP) is 3.12. The number of carbonyl (C=O) groups excluding carboxylic acids is 1. The van der Waals surface area contributed by atoms with Gasteiger partial charge in [0.15, 0.2) is 0 Å². The fourth-order valence-corrected chi connectivity index (χ4v) is 3.04. The Hall–Kier alpha value is -1.17. The van der Waals surface area contributed by atoms with Gasteiger partial charge < -0.3 is 10.1 Å². The largest absolute Gasteiger partial charge is 0.463 e. The predicted molar refractivity (Wildman–Crippen MR) is 76.4 cm³/mol. The molecule has 1 saturated carbocycles. The number of rotatable bonds is 4. The molecule has 1 aromatic heterocycles. The minimum absolute atomic E-state index is 0.128. The number of hydrogen-bond acceptors (Lipinski definition) is 5. The van der Waals surface area contributed by atoms with E-state index in [1.807, 2.05) is 6.92 Å². The first-order chi connectivity index (χ1) is 9.17. The van der Waals surface area contributed by atoms with Crippen LogP contribution in [0.4, 0.5) is 5.82 Å². The van der Waals surface area contributed by atoms with Gasteiger partial charge in [-0.1, -0.05) is 12.8 Å². The molecule has 104 valence electrons. The van der Waals surface area contributed by atoms with Crippen LogP contribution in [0.2, 0.25) is 0 Å². The van der Waals surface area contributed by atoms with E-state index in [0.717, 1.165) is 29.6 Å². The summed E-state index contributed by atoms with van der Waals surface area (Å²) in [7, 11) is 1.34. The molecule has 2 rings (SSSR count). The molecule has 0 amide bonds. The average molecular weight is 328 g/mol. The van der Waals surface area contributed by atoms with E-state index in [1.54, 1.807) is 0 Å². The Morgan fingerprint density at radius 3 is 2.68 bits per heavy atom. The Labute approximate surface area is 121 Å². The fraction of sp³-hybridized carbons (Fsp3) is 0.615. The van der Waals surface area contributed by atoms with Crippen molar-refractivity contribution in [2.45, 2.75) is 38.5 Å². The zero-order valence-electron chi connectivity index (χ0n) is 11.2. The zero-order chi connectivity index (χ0) is 13.8. The quantitative estimate of drug-likeness (QED) is 0.861. The lowest BCUT2D eigenvalue weighted by molar-refractivity contribution is 0.0586. The Bertz CT molecular complexity index is 473. The molecule has 0 radical (unpaired) electrons. The van der Waals surface area contributed by atoms with Gasteiger partial charge >= 0.3 is 5.97 Å². The van der Waals surface area contributed by atoms with Crippen molar-refractivity contribution < 1.29 is 9.53 Å². The number of carbonyl (C=O) groups is 1. The van der Waals surface area contributed by atoms with Crippen LogP contribution in [-0.2, 0) is 4.74 Å². The maximum Gasteiger partial charge on any atom is 0.376 e. The molecule has 19 heavy (non-hydrogen) atoms. The van der Waals surface area contributed by atoms with Crippen LogP contribution in [-0.4, -0.2) is 29.6 Å². The summed E-state index contributed by atoms with van der Waals surface area (Å²) in [5.74, 6) is 0.701. The molecule has 1 aromatic rings. The lowest BCUT2D eigenvalue weighted by Crippen LogP contribution is -2.14. The van der Waals surface area contributed by atoms with E-state index in [2.05, 4.69) is 31.2 Å². The van der Waals surface area contributed by atoms with Crippen LogP contribution in [0.15, 0.2) is 4.47 Å². The molecule has 0 aromatic carbocycles. The Morgan fingerprint density at radius 2 is 2.11 bits per heavy atom. The standard InChI is InChI=1S/C13H18BrN3O2/c1-3-15-11-9(14)10(8-6-4-5-7-8)16-12(17-11)13(18)19-2/h8H,3-7H2,1-2H3,(H,15,16,17). The number of aromatic nitrogens is 2. The van der Waals surface area contributed by atoms with Gasteiger partial charge in [-0.15, -0.1) is 0 Å². The first-order valence-electron chi connectivity index (χ1n) is 6.57. The molecule has 0 atom stereocenters. The summed E-state index contributed by atoms with van der Waals surface area (Å²) in [5.41, 5.74) is 0.920. The molecule has 5 nitrogen and oxygen atoms in total. The van der Waals surface area contributed by atoms with E-state index in [9.17, 15) is 4.79 Å². The van der Waals surface area contributed by atoms with Crippen molar-refractivity contribution in [1.82, 2.24) is 9.97 Å². The number of methoxy groups -OCH3 is 1. The Balaban J connectivity index is 2.44. The normalized spacial score (nSPS) is 15.5. The number of hydrogen-bond donors (Lipinski definition) is 1. The lowest BCUT2D eigenvalue weighted by atomic mass is 10.0. The SMILES string of the molecule is CCNc1nc(C(=O)OC)nc(C2CCCC2)c1Br. The maximum absolute atomic E-state index is 11.7. The van der Waals surface area contributed by atoms with E-state index >= 15 is 0 Å². The minimum Gasteiger partial charge on any atom is -0.463 e. The first-order valence-corrected chi connectivity index (χ1v) is 7.36. The number of esters is 1. The summed E-state index contributed by atoms with van der Waals surface area (Å²) in [5, 5.41) is 3.15. The monoisotopic (exact) mass is 327 g/mol. The van der Waals surface area contributed by atoms with Gasteiger partial charge in [0.2, 0.25) is 5.82 Å². The van der Waals surface area contributed by atoms with Gasteiger partial charge in [-0.3, -0.25) is 0 Å². The molecular formula is C13H18BrN3O2. The van der Waals surface area contributed by atoms with Crippen LogP contribution in [0.1, 0.15) is 54.8 Å². The van der Waals surface area contributed by atoms with E-state index < -0.39 is 5.97 Å². The highest BCUT2D eigenvalue weighted by Crippen LogP contribution is 2.38. The van der Waals surface area contributed by atoms with Crippen molar-refractivity contribution in [3.05, 3.63) is 16.0 Å². The van der Waals surface area contributed by atoms with Crippen molar-refractivity contribution in [3.8, 4) is 0 Å². The second-order valence-corrected chi connectivity index (χ2v) is 5.39. The van der Waals surface area contributed by atoms with Crippen molar-refractivity contribution in [2.75, 3.05) is 19.0 Å². The van der Waals surface area contributed by atoms with Crippen LogP contribution in [0, 0.1) is 0 Å². The topological polar surface area (TPSA) is 64.1 Å². The summed E-state index contributed by atoms with van der Waals surface area (Å²) in [6.07, 6.45) is 4.65. The number of nitrogens with zero attached hydrogens (tertiary/aromatic N) is 2. The van der Waals surface area contributed by atoms with E-state index in [0.29, 0.717) is 11.7 Å². The van der Waals surface area contributed by atoms with Crippen LogP contribution in [0.3, 0.4) is 0 Å². The minimum atomic E-state index is -0.495. The molecule has 0 bridgehead atoms. The van der Waals surface area contributed by atoms with Crippen molar-refractivity contribution in [3.63, 3.8) is 0 Å². The highest BCUT2D eigenvalue weighted by molar-refractivity contribution is 9.10. The number of nitrogens with one attached hydrogen (secondary N) is 1. The summed E-state index contributed by atoms with van der Waals surface area (Å²) < 4.78 is 5.59. The van der Waals surface area contributed by atoms with Crippen molar-refractivity contribution in [2.24, 2.45) is 0 Å². The third kappa shape index (κ3) is 3.05. The third-order valence-electron chi connectivity index (χ3n) is 3.33. The highest BCUT2D eigenvalue weighted by Gasteiger charge is 2.25. The maximum atomic E-state index is 11.7. The van der Waals surface area contributed by atoms with Gasteiger partial charge in [0.1, 0.15) is 5.82 Å². The number of anilines is 1.